The standard InChI is InChI=1S/C14H22N4O2/c1-2-20-11-7-14(19)18-9-5-12(6-10-18)16-13-4-3-8-15-17-13/h3-4,8,12H,2,5-7,9-11H2,1H3,(H,16,17). The fourth-order valence-corrected chi connectivity index (χ4v) is 2.32. The minimum absolute atomic E-state index is 0.191. The number of aromatic nitrogens is 2. The van der Waals surface area contributed by atoms with Gasteiger partial charge in [0, 0.05) is 31.9 Å². The molecule has 0 bridgehead atoms. The number of ether oxygens (including phenoxy) is 1. The van der Waals surface area contributed by atoms with Crippen molar-refractivity contribution in [2.24, 2.45) is 0 Å². The molecular formula is C14H22N4O2. The summed E-state index contributed by atoms with van der Waals surface area (Å²) in [6, 6.07) is 4.14. The smallest absolute Gasteiger partial charge is 0.224 e. The first-order chi connectivity index (χ1) is 9.79. The van der Waals surface area contributed by atoms with E-state index < -0.39 is 0 Å². The highest BCUT2D eigenvalue weighted by atomic mass is 16.5. The van der Waals surface area contributed by atoms with Crippen LogP contribution in [0.4, 0.5) is 5.82 Å². The molecule has 1 aliphatic rings. The Balaban J connectivity index is 1.71. The molecule has 1 amide bonds. The lowest BCUT2D eigenvalue weighted by molar-refractivity contribution is -0.133. The fourth-order valence-electron chi connectivity index (χ4n) is 2.32. The Morgan fingerprint density at radius 3 is 2.95 bits per heavy atom. The number of nitrogens with one attached hydrogen (secondary N) is 1. The van der Waals surface area contributed by atoms with Crippen molar-refractivity contribution in [3.8, 4) is 0 Å². The Hall–Kier alpha value is -1.69. The number of amides is 1. The van der Waals surface area contributed by atoms with Crippen molar-refractivity contribution in [1.29, 1.82) is 0 Å². The van der Waals surface area contributed by atoms with E-state index in [1.807, 2.05) is 24.0 Å². The SMILES string of the molecule is CCOCCC(=O)N1CCC(Nc2cccnn2)CC1. The van der Waals surface area contributed by atoms with Crippen molar-refractivity contribution in [1.82, 2.24) is 15.1 Å². The molecular weight excluding hydrogens is 256 g/mol. The maximum atomic E-state index is 11.9. The molecule has 0 atom stereocenters. The van der Waals surface area contributed by atoms with Gasteiger partial charge in [-0.3, -0.25) is 4.79 Å². The second-order valence-corrected chi connectivity index (χ2v) is 4.86. The highest BCUT2D eigenvalue weighted by Crippen LogP contribution is 2.15. The molecule has 2 heterocycles. The van der Waals surface area contributed by atoms with Gasteiger partial charge in [-0.15, -0.1) is 5.10 Å². The van der Waals surface area contributed by atoms with Gasteiger partial charge in [0.2, 0.25) is 5.91 Å². The number of nitrogens with zero attached hydrogens (tertiary/aromatic N) is 3. The van der Waals surface area contributed by atoms with E-state index >= 15 is 0 Å². The summed E-state index contributed by atoms with van der Waals surface area (Å²) in [5.74, 6) is 0.991. The Labute approximate surface area is 119 Å². The molecule has 20 heavy (non-hydrogen) atoms. The Kier molecular flexibility index (Phi) is 5.73. The number of carbonyl (C=O) groups is 1. The highest BCUT2D eigenvalue weighted by Gasteiger charge is 2.22. The molecule has 0 aromatic carbocycles. The molecule has 1 N–H and O–H groups in total. The highest BCUT2D eigenvalue weighted by molar-refractivity contribution is 5.76. The van der Waals surface area contributed by atoms with E-state index in [4.69, 9.17) is 4.74 Å². The van der Waals surface area contributed by atoms with Crippen LogP contribution in [0.2, 0.25) is 0 Å². The van der Waals surface area contributed by atoms with Gasteiger partial charge in [-0.2, -0.15) is 5.10 Å². The van der Waals surface area contributed by atoms with E-state index in [-0.39, 0.29) is 5.91 Å². The maximum absolute atomic E-state index is 11.9. The van der Waals surface area contributed by atoms with Crippen LogP contribution >= 0.6 is 0 Å². The molecule has 6 heteroatoms. The quantitative estimate of drug-likeness (QED) is 0.795. The van der Waals surface area contributed by atoms with Crippen LogP contribution in [0, 0.1) is 0 Å². The van der Waals surface area contributed by atoms with E-state index in [0.717, 1.165) is 31.7 Å². The van der Waals surface area contributed by atoms with Gasteiger partial charge in [0.05, 0.1) is 13.0 Å². The van der Waals surface area contributed by atoms with Crippen molar-refractivity contribution in [2.75, 3.05) is 31.6 Å². The minimum atomic E-state index is 0.191. The van der Waals surface area contributed by atoms with Crippen LogP contribution < -0.4 is 5.32 Å². The predicted molar refractivity (Wildman–Crippen MR) is 76.4 cm³/mol. The minimum Gasteiger partial charge on any atom is -0.381 e. The molecule has 0 radical (unpaired) electrons. The number of rotatable bonds is 6. The third kappa shape index (κ3) is 4.45. The summed E-state index contributed by atoms with van der Waals surface area (Å²) in [5, 5.41) is 11.2. The van der Waals surface area contributed by atoms with Gasteiger partial charge in [-0.25, -0.2) is 0 Å². The third-order valence-electron chi connectivity index (χ3n) is 3.44. The average molecular weight is 278 g/mol. The topological polar surface area (TPSA) is 67.3 Å². The van der Waals surface area contributed by atoms with Gasteiger partial charge in [0.15, 0.2) is 0 Å². The summed E-state index contributed by atoms with van der Waals surface area (Å²) in [7, 11) is 0. The maximum Gasteiger partial charge on any atom is 0.224 e. The molecule has 1 aliphatic heterocycles. The van der Waals surface area contributed by atoms with E-state index in [9.17, 15) is 4.79 Å². The molecule has 1 fully saturated rings. The summed E-state index contributed by atoms with van der Waals surface area (Å²) >= 11 is 0. The summed E-state index contributed by atoms with van der Waals surface area (Å²) in [6.45, 7) is 4.71. The van der Waals surface area contributed by atoms with Crippen molar-refractivity contribution in [3.63, 3.8) is 0 Å². The van der Waals surface area contributed by atoms with E-state index in [2.05, 4.69) is 15.5 Å². The zero-order chi connectivity index (χ0) is 14.2. The Bertz CT molecular complexity index is 405. The molecule has 0 aliphatic carbocycles. The summed E-state index contributed by atoms with van der Waals surface area (Å²) in [6.07, 6.45) is 4.02. The van der Waals surface area contributed by atoms with Gasteiger partial charge in [-0.05, 0) is 31.9 Å². The molecule has 1 aromatic heterocycles. The zero-order valence-electron chi connectivity index (χ0n) is 11.9. The lowest BCUT2D eigenvalue weighted by Gasteiger charge is -2.32. The van der Waals surface area contributed by atoms with Crippen LogP contribution in [0.15, 0.2) is 18.3 Å². The predicted octanol–water partition coefficient (Wildman–Crippen LogP) is 1.31. The Morgan fingerprint density at radius 2 is 2.30 bits per heavy atom. The molecule has 6 nitrogen and oxygen atoms in total. The average Bonchev–Trinajstić information content (AvgIpc) is 2.49. The summed E-state index contributed by atoms with van der Waals surface area (Å²) < 4.78 is 5.22. The normalized spacial score (nSPS) is 16.1. The van der Waals surface area contributed by atoms with Gasteiger partial charge < -0.3 is 15.0 Å². The molecule has 0 spiro atoms. The molecule has 0 saturated carbocycles. The number of hydrogen-bond donors (Lipinski definition) is 1. The largest absolute Gasteiger partial charge is 0.381 e. The number of anilines is 1. The van der Waals surface area contributed by atoms with Crippen LogP contribution in [0.3, 0.4) is 0 Å². The molecule has 2 rings (SSSR count). The fraction of sp³-hybridized carbons (Fsp3) is 0.643. The zero-order valence-corrected chi connectivity index (χ0v) is 11.9. The number of piperidine rings is 1. The first kappa shape index (κ1) is 14.7. The second-order valence-electron chi connectivity index (χ2n) is 4.86. The van der Waals surface area contributed by atoms with Crippen LogP contribution in [-0.2, 0) is 9.53 Å². The van der Waals surface area contributed by atoms with E-state index in [0.29, 0.717) is 25.7 Å². The Morgan fingerprint density at radius 1 is 1.50 bits per heavy atom. The molecule has 110 valence electrons. The monoisotopic (exact) mass is 278 g/mol. The third-order valence-corrected chi connectivity index (χ3v) is 3.44. The van der Waals surface area contributed by atoms with Gasteiger partial charge >= 0.3 is 0 Å². The van der Waals surface area contributed by atoms with Crippen LogP contribution in [0.25, 0.3) is 0 Å². The van der Waals surface area contributed by atoms with Gasteiger partial charge in [-0.1, -0.05) is 0 Å². The van der Waals surface area contributed by atoms with Gasteiger partial charge in [0.1, 0.15) is 5.82 Å². The second kappa shape index (κ2) is 7.79. The first-order valence-electron chi connectivity index (χ1n) is 7.19. The lowest BCUT2D eigenvalue weighted by Crippen LogP contribution is -2.42. The van der Waals surface area contributed by atoms with Crippen molar-refractivity contribution >= 4 is 11.7 Å². The van der Waals surface area contributed by atoms with Gasteiger partial charge in [0.25, 0.3) is 0 Å². The number of likely N-dealkylation sites (tertiary alicyclic amines) is 1. The van der Waals surface area contributed by atoms with Crippen molar-refractivity contribution in [3.05, 3.63) is 18.3 Å². The lowest BCUT2D eigenvalue weighted by atomic mass is 10.0. The summed E-state index contributed by atoms with van der Waals surface area (Å²) in [4.78, 5) is 13.9. The number of hydrogen-bond acceptors (Lipinski definition) is 5. The first-order valence-corrected chi connectivity index (χ1v) is 7.19. The van der Waals surface area contributed by atoms with E-state index in [1.54, 1.807) is 6.20 Å². The van der Waals surface area contributed by atoms with Crippen LogP contribution in [0.5, 0.6) is 0 Å². The van der Waals surface area contributed by atoms with Crippen molar-refractivity contribution < 1.29 is 9.53 Å². The van der Waals surface area contributed by atoms with Crippen LogP contribution in [-0.4, -0.2) is 53.3 Å². The van der Waals surface area contributed by atoms with Crippen molar-refractivity contribution in [2.45, 2.75) is 32.2 Å². The summed E-state index contributed by atoms with van der Waals surface area (Å²) in [5.41, 5.74) is 0. The molecule has 1 saturated heterocycles. The molecule has 1 aromatic rings. The van der Waals surface area contributed by atoms with Crippen LogP contribution in [0.1, 0.15) is 26.2 Å². The molecule has 0 unspecified atom stereocenters. The number of carbonyl (C=O) groups excluding carboxylic acids is 1. The van der Waals surface area contributed by atoms with E-state index in [1.165, 1.54) is 0 Å².